The highest BCUT2D eigenvalue weighted by atomic mass is 16.7. The van der Waals surface area contributed by atoms with E-state index in [1.54, 1.807) is 6.08 Å². The van der Waals surface area contributed by atoms with Gasteiger partial charge in [-0.1, -0.05) is 234 Å². The van der Waals surface area contributed by atoms with Gasteiger partial charge in [-0.3, -0.25) is 4.79 Å². The summed E-state index contributed by atoms with van der Waals surface area (Å²) in [5, 5.41) is 87.1. The summed E-state index contributed by atoms with van der Waals surface area (Å²) in [6.45, 7) is 2.64. The van der Waals surface area contributed by atoms with Crippen molar-refractivity contribution in [2.24, 2.45) is 0 Å². The molecule has 14 heteroatoms. The van der Waals surface area contributed by atoms with Gasteiger partial charge in [-0.2, -0.15) is 0 Å². The summed E-state index contributed by atoms with van der Waals surface area (Å²) in [5.41, 5.74) is 0. The number of allylic oxidation sites excluding steroid dienone is 11. The van der Waals surface area contributed by atoms with Crippen LogP contribution in [-0.4, -0.2) is 140 Å². The van der Waals surface area contributed by atoms with Crippen LogP contribution in [0, 0.1) is 0 Å². The van der Waals surface area contributed by atoms with Gasteiger partial charge in [-0.15, -0.1) is 0 Å². The topological polar surface area (TPSA) is 228 Å². The molecule has 12 atom stereocenters. The van der Waals surface area contributed by atoms with Gasteiger partial charge in [-0.05, 0) is 70.6 Å². The van der Waals surface area contributed by atoms with Gasteiger partial charge in [0.05, 0.1) is 32.0 Å². The highest BCUT2D eigenvalue weighted by Gasteiger charge is 2.51. The number of unbranched alkanes of at least 4 members (excludes halogenated alkanes) is 27. The molecule has 0 bridgehead atoms. The van der Waals surface area contributed by atoms with E-state index >= 15 is 0 Å². The number of hydrogen-bond acceptors (Lipinski definition) is 13. The Morgan fingerprint density at radius 3 is 1.39 bits per heavy atom. The van der Waals surface area contributed by atoms with Crippen LogP contribution in [0.2, 0.25) is 0 Å². The third kappa shape index (κ3) is 35.2. The highest BCUT2D eigenvalue weighted by Crippen LogP contribution is 2.30. The Hall–Kier alpha value is -2.57. The van der Waals surface area contributed by atoms with E-state index in [1.807, 2.05) is 6.08 Å². The van der Waals surface area contributed by atoms with Crippen LogP contribution in [0.1, 0.15) is 239 Å². The minimum Gasteiger partial charge on any atom is -0.394 e. The molecule has 0 saturated carbocycles. The number of hydrogen-bond donors (Lipinski definition) is 9. The predicted octanol–water partition coefficient (Wildman–Crippen LogP) is 11.5. The zero-order valence-electron chi connectivity index (χ0n) is 49.3. The summed E-state index contributed by atoms with van der Waals surface area (Å²) >= 11 is 0. The zero-order chi connectivity index (χ0) is 57.4. The molecule has 2 rings (SSSR count). The van der Waals surface area contributed by atoms with Crippen molar-refractivity contribution >= 4 is 5.91 Å². The molecule has 0 aromatic carbocycles. The number of carbonyl (C=O) groups excluding carboxylic acids is 1. The minimum atomic E-state index is -1.80. The molecule has 2 aliphatic rings. The summed E-state index contributed by atoms with van der Waals surface area (Å²) in [6, 6.07) is -0.958. The molecule has 1 amide bonds. The fourth-order valence-electron chi connectivity index (χ4n) is 10.1. The first kappa shape index (κ1) is 72.5. The van der Waals surface area contributed by atoms with Crippen molar-refractivity contribution in [2.75, 3.05) is 19.8 Å². The van der Waals surface area contributed by atoms with E-state index in [0.717, 1.165) is 51.4 Å². The van der Waals surface area contributed by atoms with Gasteiger partial charge in [0.15, 0.2) is 12.6 Å². The average Bonchev–Trinajstić information content (AvgIpc) is 3.47. The molecule has 0 aliphatic carbocycles. The summed E-state index contributed by atoms with van der Waals surface area (Å²) in [5.74, 6) is -0.291. The Balaban J connectivity index is 1.72. The van der Waals surface area contributed by atoms with Crippen LogP contribution in [0.25, 0.3) is 0 Å². The molecule has 2 fully saturated rings. The molecule has 0 spiro atoms. The minimum absolute atomic E-state index is 0.218. The third-order valence-electron chi connectivity index (χ3n) is 15.1. The maximum absolute atomic E-state index is 13.2. The molecule has 2 heterocycles. The van der Waals surface area contributed by atoms with Crippen molar-refractivity contribution in [3.8, 4) is 0 Å². The Morgan fingerprint density at radius 2 is 0.886 bits per heavy atom. The molecule has 2 aliphatic heterocycles. The van der Waals surface area contributed by atoms with Gasteiger partial charge in [0.1, 0.15) is 48.8 Å². The molecule has 9 N–H and O–H groups in total. The maximum atomic E-state index is 13.2. The second kappa shape index (κ2) is 50.0. The molecule has 14 nitrogen and oxygen atoms in total. The summed E-state index contributed by atoms with van der Waals surface area (Å²) in [7, 11) is 0. The smallest absolute Gasteiger partial charge is 0.220 e. The normalized spacial score (nSPS) is 24.9. The number of nitrogens with one attached hydrogen (secondary N) is 1. The fourth-order valence-corrected chi connectivity index (χ4v) is 10.1. The Kier molecular flexibility index (Phi) is 45.9. The average molecular weight is 1120 g/mol. The first-order valence-electron chi connectivity index (χ1n) is 31.7. The summed E-state index contributed by atoms with van der Waals surface area (Å²) in [6.07, 6.45) is 49.8. The van der Waals surface area contributed by atoms with Gasteiger partial charge < -0.3 is 65.1 Å². The second-order valence-corrected chi connectivity index (χ2v) is 22.1. The van der Waals surface area contributed by atoms with Crippen molar-refractivity contribution in [1.82, 2.24) is 5.32 Å². The van der Waals surface area contributed by atoms with Crippen LogP contribution in [0.4, 0.5) is 0 Å². The van der Waals surface area contributed by atoms with Gasteiger partial charge in [0, 0.05) is 6.42 Å². The summed E-state index contributed by atoms with van der Waals surface area (Å²) in [4.78, 5) is 13.2. The first-order chi connectivity index (χ1) is 38.6. The van der Waals surface area contributed by atoms with Crippen LogP contribution in [-0.2, 0) is 23.7 Å². The summed E-state index contributed by atoms with van der Waals surface area (Å²) < 4.78 is 22.7. The number of aliphatic hydroxyl groups excluding tert-OH is 8. The van der Waals surface area contributed by atoms with E-state index in [2.05, 4.69) is 79.9 Å². The van der Waals surface area contributed by atoms with Crippen LogP contribution in [0.3, 0.4) is 0 Å². The van der Waals surface area contributed by atoms with Crippen molar-refractivity contribution in [3.05, 3.63) is 72.9 Å². The van der Waals surface area contributed by atoms with E-state index in [9.17, 15) is 45.6 Å². The van der Waals surface area contributed by atoms with Crippen molar-refractivity contribution in [1.29, 1.82) is 0 Å². The number of amides is 1. The Labute approximate surface area is 478 Å². The lowest BCUT2D eigenvalue weighted by molar-refractivity contribution is -0.359. The molecule has 0 aromatic rings. The van der Waals surface area contributed by atoms with Crippen molar-refractivity contribution in [3.63, 3.8) is 0 Å². The Bertz CT molecular complexity index is 1600. The van der Waals surface area contributed by atoms with Crippen LogP contribution in [0.5, 0.6) is 0 Å². The van der Waals surface area contributed by atoms with Gasteiger partial charge >= 0.3 is 0 Å². The quantitative estimate of drug-likeness (QED) is 0.0204. The van der Waals surface area contributed by atoms with E-state index in [-0.39, 0.29) is 18.9 Å². The molecule has 458 valence electrons. The number of aliphatic hydroxyl groups is 8. The Morgan fingerprint density at radius 1 is 0.468 bits per heavy atom. The molecular formula is C65H115NO13. The zero-order valence-corrected chi connectivity index (χ0v) is 49.3. The lowest BCUT2D eigenvalue weighted by atomic mass is 9.97. The number of carbonyl (C=O) groups is 1. The standard InChI is InChI=1S/C65H115NO13/c1-3-5-7-9-11-13-15-17-19-20-21-22-23-24-25-26-27-28-29-30-31-32-33-35-36-38-40-42-44-46-48-54(69)53(66-57(70)49-47-45-43-41-39-37-34-18-16-14-12-10-8-6-4-2)52-76-64-62(75)60(73)63(56(51-68)78-64)79-65-61(74)59(72)58(71)55(50-67)77-65/h6,8,12,14,18,34,38-41,46,48,53-56,58-65,67-69,71-75H,3-5,7,9-11,13,15-17,19-33,35-37,42-45,47,49-52H2,1-2H3,(H,66,70)/b8-6-,14-12-,34-18-,40-38+,41-39-,48-46+. The van der Waals surface area contributed by atoms with Gasteiger partial charge in [0.25, 0.3) is 0 Å². The van der Waals surface area contributed by atoms with E-state index in [4.69, 9.17) is 18.9 Å². The SMILES string of the molecule is CC/C=C\C/C=C\C/C=C\C/C=C\CCCCC(=O)NC(COC1OC(CO)C(OC2OC(CO)C(O)C(O)C2O)C(O)C1O)C(O)/C=C/CC/C=C/CCCCCCCCCCCCCCCCCCCCCCCCCC. The molecule has 0 aromatic heterocycles. The number of ether oxygens (including phenoxy) is 4. The van der Waals surface area contributed by atoms with Crippen molar-refractivity contribution in [2.45, 2.75) is 312 Å². The molecule has 12 unspecified atom stereocenters. The van der Waals surface area contributed by atoms with Gasteiger partial charge in [0.2, 0.25) is 5.91 Å². The lowest BCUT2D eigenvalue weighted by Gasteiger charge is -2.46. The second-order valence-electron chi connectivity index (χ2n) is 22.1. The maximum Gasteiger partial charge on any atom is 0.220 e. The van der Waals surface area contributed by atoms with Crippen LogP contribution in [0.15, 0.2) is 72.9 Å². The molecule has 0 radical (unpaired) electrons. The molecule has 2 saturated heterocycles. The fraction of sp³-hybridized carbons (Fsp3) is 0.800. The highest BCUT2D eigenvalue weighted by molar-refractivity contribution is 5.76. The first-order valence-corrected chi connectivity index (χ1v) is 31.7. The molecule has 79 heavy (non-hydrogen) atoms. The van der Waals surface area contributed by atoms with Gasteiger partial charge in [-0.25, -0.2) is 0 Å². The van der Waals surface area contributed by atoms with E-state index < -0.39 is 86.8 Å². The van der Waals surface area contributed by atoms with Crippen LogP contribution >= 0.6 is 0 Å². The number of rotatable bonds is 50. The molecular weight excluding hydrogens is 1000 g/mol. The lowest BCUT2D eigenvalue weighted by Crippen LogP contribution is -2.65. The predicted molar refractivity (Wildman–Crippen MR) is 318 cm³/mol. The van der Waals surface area contributed by atoms with Crippen LogP contribution < -0.4 is 5.32 Å². The van der Waals surface area contributed by atoms with Crippen molar-refractivity contribution < 1.29 is 64.6 Å². The third-order valence-corrected chi connectivity index (χ3v) is 15.1. The monoisotopic (exact) mass is 1120 g/mol. The largest absolute Gasteiger partial charge is 0.394 e. The van der Waals surface area contributed by atoms with E-state index in [1.165, 1.54) is 154 Å². The van der Waals surface area contributed by atoms with E-state index in [0.29, 0.717) is 12.8 Å².